The zero-order chi connectivity index (χ0) is 18.8. The molecular formula is C18H24N2O4S. The largest absolute Gasteiger partial charge is 0.444 e. The summed E-state index contributed by atoms with van der Waals surface area (Å²) < 4.78 is 30.7. The summed E-state index contributed by atoms with van der Waals surface area (Å²) in [4.78, 5) is 17.9. The van der Waals surface area contributed by atoms with E-state index in [1.54, 1.807) is 31.3 Å². The molecule has 0 saturated heterocycles. The van der Waals surface area contributed by atoms with Crippen molar-refractivity contribution in [3.8, 4) is 0 Å². The van der Waals surface area contributed by atoms with Crippen LogP contribution in [-0.4, -0.2) is 31.6 Å². The molecule has 0 unspecified atom stereocenters. The number of aromatic nitrogens is 1. The summed E-state index contributed by atoms with van der Waals surface area (Å²) in [5.74, 6) is -0.183. The van der Waals surface area contributed by atoms with Gasteiger partial charge in [-0.2, -0.15) is 0 Å². The number of benzene rings is 1. The Balaban J connectivity index is 2.15. The molecule has 1 heterocycles. The quantitative estimate of drug-likeness (QED) is 0.815. The van der Waals surface area contributed by atoms with E-state index in [0.717, 1.165) is 0 Å². The second-order valence-electron chi connectivity index (χ2n) is 7.05. The highest BCUT2D eigenvalue weighted by Gasteiger charge is 2.32. The molecule has 0 N–H and O–H groups in total. The Hall–Kier alpha value is -2.15. The third kappa shape index (κ3) is 4.48. The lowest BCUT2D eigenvalue weighted by atomic mass is 9.94. The van der Waals surface area contributed by atoms with Gasteiger partial charge in [-0.25, -0.2) is 13.4 Å². The SMILES string of the molecule is C[C@@H](C(=O)N(C)c1ccccc1)S(=O)(=O)Cc1ncc(C(C)(C)C)o1. The van der Waals surface area contributed by atoms with Gasteiger partial charge in [-0.15, -0.1) is 0 Å². The first-order chi connectivity index (χ1) is 11.5. The number of carbonyl (C=O) groups is 1. The van der Waals surface area contributed by atoms with Gasteiger partial charge in [0.2, 0.25) is 11.8 Å². The first-order valence-electron chi connectivity index (χ1n) is 8.02. The Morgan fingerprint density at radius 3 is 2.36 bits per heavy atom. The number of carbonyl (C=O) groups excluding carboxylic acids is 1. The second kappa shape index (κ2) is 7.00. The van der Waals surface area contributed by atoms with Crippen molar-refractivity contribution in [1.29, 1.82) is 0 Å². The molecule has 0 saturated carbocycles. The van der Waals surface area contributed by atoms with Crippen LogP contribution >= 0.6 is 0 Å². The molecule has 0 radical (unpaired) electrons. The molecular weight excluding hydrogens is 340 g/mol. The van der Waals surface area contributed by atoms with Crippen molar-refractivity contribution in [2.75, 3.05) is 11.9 Å². The zero-order valence-electron chi connectivity index (χ0n) is 15.2. The monoisotopic (exact) mass is 364 g/mol. The van der Waals surface area contributed by atoms with Crippen LogP contribution in [0.4, 0.5) is 5.69 Å². The third-order valence-corrected chi connectivity index (χ3v) is 5.91. The van der Waals surface area contributed by atoms with E-state index < -0.39 is 26.7 Å². The van der Waals surface area contributed by atoms with Crippen molar-refractivity contribution in [3.63, 3.8) is 0 Å². The van der Waals surface area contributed by atoms with Crippen molar-refractivity contribution in [2.24, 2.45) is 0 Å². The number of hydrogen-bond acceptors (Lipinski definition) is 5. The summed E-state index contributed by atoms with van der Waals surface area (Å²) in [5.41, 5.74) is 0.380. The van der Waals surface area contributed by atoms with Crippen LogP contribution in [-0.2, 0) is 25.8 Å². The van der Waals surface area contributed by atoms with Gasteiger partial charge >= 0.3 is 0 Å². The van der Waals surface area contributed by atoms with E-state index in [-0.39, 0.29) is 11.3 Å². The standard InChI is InChI=1S/C18H24N2O4S/c1-13(17(21)20(5)14-9-7-6-8-10-14)25(22,23)12-16-19-11-15(24-16)18(2,3)4/h6-11,13H,12H2,1-5H3/t13-/m0/s1. The number of nitrogens with zero attached hydrogens (tertiary/aromatic N) is 2. The van der Waals surface area contributed by atoms with Crippen LogP contribution in [0, 0.1) is 0 Å². The molecule has 0 fully saturated rings. The van der Waals surface area contributed by atoms with Crippen LogP contribution in [0.2, 0.25) is 0 Å². The van der Waals surface area contributed by atoms with Crippen LogP contribution in [0.1, 0.15) is 39.3 Å². The average molecular weight is 364 g/mol. The Morgan fingerprint density at radius 2 is 1.84 bits per heavy atom. The minimum atomic E-state index is -3.75. The molecule has 0 aliphatic heterocycles. The molecule has 1 aromatic heterocycles. The van der Waals surface area contributed by atoms with Gasteiger partial charge in [-0.1, -0.05) is 39.0 Å². The van der Waals surface area contributed by atoms with Crippen molar-refractivity contribution in [1.82, 2.24) is 4.98 Å². The predicted molar refractivity (Wildman–Crippen MR) is 97.1 cm³/mol. The van der Waals surface area contributed by atoms with Crippen molar-refractivity contribution < 1.29 is 17.6 Å². The van der Waals surface area contributed by atoms with Gasteiger partial charge in [0.15, 0.2) is 9.84 Å². The number of amides is 1. The number of oxazole rings is 1. The number of anilines is 1. The zero-order valence-corrected chi connectivity index (χ0v) is 16.0. The Morgan fingerprint density at radius 1 is 1.24 bits per heavy atom. The van der Waals surface area contributed by atoms with E-state index in [0.29, 0.717) is 11.4 Å². The van der Waals surface area contributed by atoms with Gasteiger partial charge in [0.1, 0.15) is 16.8 Å². The van der Waals surface area contributed by atoms with Crippen LogP contribution in [0.15, 0.2) is 40.9 Å². The first kappa shape index (κ1) is 19.2. The molecule has 0 spiro atoms. The summed E-state index contributed by atoms with van der Waals surface area (Å²) in [6, 6.07) is 8.91. The third-order valence-electron chi connectivity index (χ3n) is 3.98. The highest BCUT2D eigenvalue weighted by atomic mass is 32.2. The molecule has 25 heavy (non-hydrogen) atoms. The summed E-state index contributed by atoms with van der Waals surface area (Å²) in [7, 11) is -2.18. The van der Waals surface area contributed by atoms with E-state index >= 15 is 0 Å². The fourth-order valence-corrected chi connectivity index (χ4v) is 3.42. The van der Waals surface area contributed by atoms with E-state index in [1.165, 1.54) is 18.0 Å². The minimum absolute atomic E-state index is 0.104. The summed E-state index contributed by atoms with van der Waals surface area (Å²) in [6.45, 7) is 7.25. The highest BCUT2D eigenvalue weighted by molar-refractivity contribution is 7.92. The second-order valence-corrected chi connectivity index (χ2v) is 9.37. The summed E-state index contributed by atoms with van der Waals surface area (Å²) >= 11 is 0. The molecule has 0 bridgehead atoms. The van der Waals surface area contributed by atoms with Crippen LogP contribution in [0.3, 0.4) is 0 Å². The molecule has 1 aromatic carbocycles. The molecule has 1 atom stereocenters. The maximum Gasteiger partial charge on any atom is 0.244 e. The smallest absolute Gasteiger partial charge is 0.244 e. The van der Waals surface area contributed by atoms with Crippen molar-refractivity contribution in [2.45, 2.75) is 44.1 Å². The molecule has 6 nitrogen and oxygen atoms in total. The van der Waals surface area contributed by atoms with Gasteiger partial charge in [-0.3, -0.25) is 4.79 Å². The predicted octanol–water partition coefficient (Wildman–Crippen LogP) is 2.94. The van der Waals surface area contributed by atoms with Gasteiger partial charge in [-0.05, 0) is 19.1 Å². The summed E-state index contributed by atoms with van der Waals surface area (Å²) in [5, 5.41) is -1.19. The van der Waals surface area contributed by atoms with Crippen LogP contribution in [0.5, 0.6) is 0 Å². The molecule has 7 heteroatoms. The minimum Gasteiger partial charge on any atom is -0.444 e. The van der Waals surface area contributed by atoms with Gasteiger partial charge in [0.05, 0.1) is 6.20 Å². The van der Waals surface area contributed by atoms with Crippen molar-refractivity contribution in [3.05, 3.63) is 48.2 Å². The molecule has 2 aromatic rings. The van der Waals surface area contributed by atoms with E-state index in [4.69, 9.17) is 4.42 Å². The fourth-order valence-electron chi connectivity index (χ4n) is 2.23. The molecule has 136 valence electrons. The number of hydrogen-bond donors (Lipinski definition) is 0. The number of sulfone groups is 1. The van der Waals surface area contributed by atoms with E-state index in [9.17, 15) is 13.2 Å². The Bertz CT molecular complexity index is 835. The molecule has 0 aliphatic rings. The maximum absolute atomic E-state index is 12.6. The van der Waals surface area contributed by atoms with Gasteiger partial charge in [0, 0.05) is 18.2 Å². The molecule has 0 aliphatic carbocycles. The topological polar surface area (TPSA) is 80.5 Å². The Labute approximate surface area is 148 Å². The molecule has 1 amide bonds. The van der Waals surface area contributed by atoms with E-state index in [2.05, 4.69) is 4.98 Å². The van der Waals surface area contributed by atoms with Crippen molar-refractivity contribution >= 4 is 21.4 Å². The van der Waals surface area contributed by atoms with Gasteiger partial charge < -0.3 is 9.32 Å². The van der Waals surface area contributed by atoms with Crippen LogP contribution < -0.4 is 4.90 Å². The number of rotatable bonds is 5. The molecule has 2 rings (SSSR count). The lowest BCUT2D eigenvalue weighted by Gasteiger charge is -2.21. The first-order valence-corrected chi connectivity index (χ1v) is 9.73. The highest BCUT2D eigenvalue weighted by Crippen LogP contribution is 2.24. The normalized spacial score (nSPS) is 13.5. The lowest BCUT2D eigenvalue weighted by molar-refractivity contribution is -0.117. The average Bonchev–Trinajstić information content (AvgIpc) is 3.01. The van der Waals surface area contributed by atoms with Crippen LogP contribution in [0.25, 0.3) is 0 Å². The Kier molecular flexibility index (Phi) is 5.37. The number of para-hydroxylation sites is 1. The summed E-state index contributed by atoms with van der Waals surface area (Å²) in [6.07, 6.45) is 1.54. The maximum atomic E-state index is 12.6. The fraction of sp³-hybridized carbons (Fsp3) is 0.444. The van der Waals surface area contributed by atoms with Gasteiger partial charge in [0.25, 0.3) is 0 Å². The van der Waals surface area contributed by atoms with E-state index in [1.807, 2.05) is 26.8 Å². The lowest BCUT2D eigenvalue weighted by Crippen LogP contribution is -2.39.